The number of benzene rings is 2. The number of hydrazone groups is 1. The lowest BCUT2D eigenvalue weighted by Gasteiger charge is -2.09. The van der Waals surface area contributed by atoms with Gasteiger partial charge in [0, 0.05) is 0 Å². The van der Waals surface area contributed by atoms with Crippen molar-refractivity contribution in [1.82, 2.24) is 5.43 Å². The molecular formula is C21H18N2O4S. The fourth-order valence-corrected chi connectivity index (χ4v) is 2.99. The second-order valence-electron chi connectivity index (χ2n) is 5.73. The summed E-state index contributed by atoms with van der Waals surface area (Å²) < 4.78 is 10.7. The van der Waals surface area contributed by atoms with Crippen LogP contribution in [0.15, 0.2) is 71.1 Å². The Kier molecular flexibility index (Phi) is 6.54. The van der Waals surface area contributed by atoms with Crippen molar-refractivity contribution in [3.05, 3.63) is 82.0 Å². The molecule has 0 spiro atoms. The summed E-state index contributed by atoms with van der Waals surface area (Å²) in [5.74, 6) is 0.0504. The zero-order valence-electron chi connectivity index (χ0n) is 15.1. The summed E-state index contributed by atoms with van der Waals surface area (Å²) in [6.07, 6.45) is 1.75. The molecule has 0 radical (unpaired) electrons. The molecule has 0 atom stereocenters. The molecule has 0 aliphatic carbocycles. The van der Waals surface area contributed by atoms with Crippen molar-refractivity contribution in [2.45, 2.75) is 6.42 Å². The summed E-state index contributed by atoms with van der Waals surface area (Å²) in [6.45, 7) is 0. The number of nitrogens with one attached hydrogen (secondary N) is 1. The first-order valence-corrected chi connectivity index (χ1v) is 9.33. The fraction of sp³-hybridized carbons (Fsp3) is 0.0952. The Morgan fingerprint density at radius 1 is 1.07 bits per heavy atom. The van der Waals surface area contributed by atoms with Gasteiger partial charge in [-0.2, -0.15) is 5.10 Å². The van der Waals surface area contributed by atoms with Crippen LogP contribution < -0.4 is 14.9 Å². The van der Waals surface area contributed by atoms with E-state index in [0.29, 0.717) is 21.9 Å². The Labute approximate surface area is 166 Å². The molecular weight excluding hydrogens is 376 g/mol. The van der Waals surface area contributed by atoms with Gasteiger partial charge in [0.15, 0.2) is 11.5 Å². The smallest absolute Gasteiger partial charge is 0.353 e. The van der Waals surface area contributed by atoms with Crippen LogP contribution in [-0.4, -0.2) is 25.2 Å². The van der Waals surface area contributed by atoms with Gasteiger partial charge in [-0.15, -0.1) is 11.3 Å². The van der Waals surface area contributed by atoms with Crippen LogP contribution in [0.25, 0.3) is 0 Å². The molecule has 6 nitrogen and oxygen atoms in total. The van der Waals surface area contributed by atoms with E-state index in [0.717, 1.165) is 5.56 Å². The number of ether oxygens (including phenoxy) is 2. The van der Waals surface area contributed by atoms with Crippen LogP contribution in [0.4, 0.5) is 0 Å². The number of nitrogens with zero attached hydrogens (tertiary/aromatic N) is 1. The van der Waals surface area contributed by atoms with Gasteiger partial charge in [0.05, 0.1) is 19.7 Å². The first kappa shape index (κ1) is 19.3. The maximum Gasteiger partial charge on any atom is 0.353 e. The highest BCUT2D eigenvalue weighted by molar-refractivity contribution is 7.12. The van der Waals surface area contributed by atoms with Gasteiger partial charge in [-0.3, -0.25) is 4.79 Å². The van der Waals surface area contributed by atoms with Crippen LogP contribution >= 0.6 is 11.3 Å². The molecule has 0 unspecified atom stereocenters. The number of methoxy groups -OCH3 is 1. The molecule has 3 aromatic rings. The third kappa shape index (κ3) is 5.28. The van der Waals surface area contributed by atoms with Gasteiger partial charge in [-0.25, -0.2) is 10.2 Å². The molecule has 0 aliphatic rings. The number of carbonyl (C=O) groups is 2. The monoisotopic (exact) mass is 394 g/mol. The minimum Gasteiger partial charge on any atom is -0.493 e. The van der Waals surface area contributed by atoms with Crippen molar-refractivity contribution in [2.24, 2.45) is 5.10 Å². The van der Waals surface area contributed by atoms with E-state index < -0.39 is 5.97 Å². The summed E-state index contributed by atoms with van der Waals surface area (Å²) in [6, 6.07) is 17.9. The Bertz CT molecular complexity index is 969. The fourth-order valence-electron chi connectivity index (χ4n) is 2.39. The average Bonchev–Trinajstić information content (AvgIpc) is 3.25. The Morgan fingerprint density at radius 2 is 1.89 bits per heavy atom. The summed E-state index contributed by atoms with van der Waals surface area (Å²) in [4.78, 5) is 24.5. The minimum absolute atomic E-state index is 0.212. The van der Waals surface area contributed by atoms with Gasteiger partial charge in [0.2, 0.25) is 5.91 Å². The summed E-state index contributed by atoms with van der Waals surface area (Å²) >= 11 is 1.30. The van der Waals surface area contributed by atoms with Crippen molar-refractivity contribution in [3.63, 3.8) is 0 Å². The van der Waals surface area contributed by atoms with Crippen molar-refractivity contribution in [3.8, 4) is 11.5 Å². The zero-order valence-corrected chi connectivity index (χ0v) is 15.9. The third-order valence-corrected chi connectivity index (χ3v) is 4.57. The predicted octanol–water partition coefficient (Wildman–Crippen LogP) is 3.67. The van der Waals surface area contributed by atoms with Crippen molar-refractivity contribution < 1.29 is 19.1 Å². The second-order valence-corrected chi connectivity index (χ2v) is 6.68. The molecule has 0 saturated heterocycles. The molecule has 1 aromatic heterocycles. The molecule has 0 saturated carbocycles. The lowest BCUT2D eigenvalue weighted by Crippen LogP contribution is -2.19. The number of carbonyl (C=O) groups excluding carboxylic acids is 2. The predicted molar refractivity (Wildman–Crippen MR) is 108 cm³/mol. The molecule has 1 amide bonds. The van der Waals surface area contributed by atoms with Crippen molar-refractivity contribution >= 4 is 29.4 Å². The van der Waals surface area contributed by atoms with E-state index in [9.17, 15) is 9.59 Å². The SMILES string of the molecule is COc1cc(/C=N/NC(=O)Cc2ccccc2)ccc1OC(=O)c1cccs1. The number of esters is 1. The minimum atomic E-state index is -0.442. The first-order chi connectivity index (χ1) is 13.7. The molecule has 1 N–H and O–H groups in total. The van der Waals surface area contributed by atoms with Gasteiger partial charge in [0.25, 0.3) is 0 Å². The topological polar surface area (TPSA) is 77.0 Å². The standard InChI is InChI=1S/C21H18N2O4S/c1-26-18-12-16(9-10-17(18)27-21(25)19-8-5-11-28-19)14-22-23-20(24)13-15-6-3-2-4-7-15/h2-12,14H,13H2,1H3,(H,23,24)/b22-14+. The van der Waals surface area contributed by atoms with Crippen LogP contribution in [-0.2, 0) is 11.2 Å². The number of hydrogen-bond donors (Lipinski definition) is 1. The molecule has 0 fully saturated rings. The van der Waals surface area contributed by atoms with E-state index >= 15 is 0 Å². The average molecular weight is 394 g/mol. The van der Waals surface area contributed by atoms with Gasteiger partial charge in [-0.1, -0.05) is 36.4 Å². The Morgan fingerprint density at radius 3 is 2.61 bits per heavy atom. The zero-order chi connectivity index (χ0) is 19.8. The van der Waals surface area contributed by atoms with Gasteiger partial charge in [0.1, 0.15) is 4.88 Å². The van der Waals surface area contributed by atoms with E-state index in [1.54, 1.807) is 35.7 Å². The summed E-state index contributed by atoms with van der Waals surface area (Å²) in [5, 5.41) is 5.76. The van der Waals surface area contributed by atoms with Crippen LogP contribution in [0, 0.1) is 0 Å². The van der Waals surface area contributed by atoms with Crippen LogP contribution in [0.1, 0.15) is 20.8 Å². The van der Waals surface area contributed by atoms with Gasteiger partial charge >= 0.3 is 5.97 Å². The first-order valence-electron chi connectivity index (χ1n) is 8.45. The highest BCUT2D eigenvalue weighted by Gasteiger charge is 2.13. The highest BCUT2D eigenvalue weighted by Crippen LogP contribution is 2.28. The van der Waals surface area contributed by atoms with E-state index in [2.05, 4.69) is 10.5 Å². The molecule has 3 rings (SSSR count). The quantitative estimate of drug-likeness (QED) is 0.287. The molecule has 142 valence electrons. The molecule has 0 aliphatic heterocycles. The number of amides is 1. The van der Waals surface area contributed by atoms with Crippen molar-refractivity contribution in [1.29, 1.82) is 0 Å². The maximum absolute atomic E-state index is 12.1. The van der Waals surface area contributed by atoms with E-state index in [4.69, 9.17) is 9.47 Å². The van der Waals surface area contributed by atoms with E-state index in [1.165, 1.54) is 24.7 Å². The highest BCUT2D eigenvalue weighted by atomic mass is 32.1. The summed E-state index contributed by atoms with van der Waals surface area (Å²) in [5.41, 5.74) is 4.09. The van der Waals surface area contributed by atoms with Crippen molar-refractivity contribution in [2.75, 3.05) is 7.11 Å². The maximum atomic E-state index is 12.1. The number of thiophene rings is 1. The largest absolute Gasteiger partial charge is 0.493 e. The lowest BCUT2D eigenvalue weighted by atomic mass is 10.1. The Balaban J connectivity index is 1.60. The summed E-state index contributed by atoms with van der Waals surface area (Å²) in [7, 11) is 1.49. The van der Waals surface area contributed by atoms with E-state index in [1.807, 2.05) is 30.3 Å². The van der Waals surface area contributed by atoms with E-state index in [-0.39, 0.29) is 12.3 Å². The molecule has 1 heterocycles. The molecule has 7 heteroatoms. The van der Waals surface area contributed by atoms with Crippen LogP contribution in [0.3, 0.4) is 0 Å². The molecule has 2 aromatic carbocycles. The number of rotatable bonds is 7. The van der Waals surface area contributed by atoms with Crippen LogP contribution in [0.2, 0.25) is 0 Å². The lowest BCUT2D eigenvalue weighted by molar-refractivity contribution is -0.120. The normalized spacial score (nSPS) is 10.6. The number of hydrogen-bond acceptors (Lipinski definition) is 6. The Hall–Kier alpha value is -3.45. The molecule has 0 bridgehead atoms. The van der Waals surface area contributed by atoms with Crippen LogP contribution in [0.5, 0.6) is 11.5 Å². The second kappa shape index (κ2) is 9.48. The van der Waals surface area contributed by atoms with Gasteiger partial charge < -0.3 is 9.47 Å². The van der Waals surface area contributed by atoms with Gasteiger partial charge in [-0.05, 0) is 40.8 Å². The molecule has 28 heavy (non-hydrogen) atoms. The third-order valence-electron chi connectivity index (χ3n) is 3.72.